The molecule has 3 fully saturated rings. The number of nitrogens with zero attached hydrogens (tertiary/aromatic N) is 1. The van der Waals surface area contributed by atoms with E-state index in [1.165, 1.54) is 64.5 Å². The third-order valence-corrected chi connectivity index (χ3v) is 8.76. The van der Waals surface area contributed by atoms with Crippen LogP contribution in [-0.4, -0.2) is 42.8 Å². The van der Waals surface area contributed by atoms with E-state index in [0.29, 0.717) is 28.9 Å². The van der Waals surface area contributed by atoms with Gasteiger partial charge in [0.05, 0.1) is 0 Å². The first-order valence-electron chi connectivity index (χ1n) is 17.7. The zero-order valence-corrected chi connectivity index (χ0v) is 30.9. The van der Waals surface area contributed by atoms with Crippen molar-refractivity contribution in [2.45, 2.75) is 173 Å². The van der Waals surface area contributed by atoms with Gasteiger partial charge in [0.2, 0.25) is 5.91 Å². The van der Waals surface area contributed by atoms with Gasteiger partial charge >= 0.3 is 0 Å². The van der Waals surface area contributed by atoms with Crippen LogP contribution >= 0.6 is 0 Å². The summed E-state index contributed by atoms with van der Waals surface area (Å²) in [5, 5.41) is 3.27. The Hall–Kier alpha value is -0.900. The summed E-state index contributed by atoms with van der Waals surface area (Å²) < 4.78 is 0. The fourth-order valence-corrected chi connectivity index (χ4v) is 5.63. The van der Waals surface area contributed by atoms with E-state index in [9.17, 15) is 9.59 Å². The van der Waals surface area contributed by atoms with Crippen LogP contribution in [0.1, 0.15) is 173 Å². The van der Waals surface area contributed by atoms with Crippen molar-refractivity contribution in [1.82, 2.24) is 10.2 Å². The number of nitrogens with one attached hydrogen (secondary N) is 1. The van der Waals surface area contributed by atoms with E-state index in [4.69, 9.17) is 0 Å². The minimum absolute atomic E-state index is 0.133. The Morgan fingerprint density at radius 3 is 1.40 bits per heavy atom. The van der Waals surface area contributed by atoms with E-state index in [2.05, 4.69) is 95.3 Å². The minimum Gasteiger partial charge on any atom is -0.343 e. The second kappa shape index (κ2) is 19.5. The number of ketones is 1. The predicted molar refractivity (Wildman–Crippen MR) is 185 cm³/mol. The highest BCUT2D eigenvalue weighted by Crippen LogP contribution is 2.37. The van der Waals surface area contributed by atoms with Gasteiger partial charge in [-0.25, -0.2) is 0 Å². The van der Waals surface area contributed by atoms with Crippen LogP contribution < -0.4 is 5.32 Å². The molecule has 0 spiro atoms. The fourth-order valence-electron chi connectivity index (χ4n) is 5.63. The van der Waals surface area contributed by atoms with Crippen molar-refractivity contribution < 1.29 is 9.59 Å². The number of carbonyl (C=O) groups excluding carboxylic acids is 2. The van der Waals surface area contributed by atoms with Crippen molar-refractivity contribution in [3.63, 3.8) is 0 Å². The van der Waals surface area contributed by atoms with E-state index in [0.717, 1.165) is 50.6 Å². The molecule has 3 rings (SSSR count). The van der Waals surface area contributed by atoms with Gasteiger partial charge in [-0.15, -0.1) is 0 Å². The smallest absolute Gasteiger partial charge is 0.223 e. The maximum absolute atomic E-state index is 11.7. The minimum atomic E-state index is 0.133. The number of unbranched alkanes of at least 4 members (excludes halogenated alkanes) is 1. The third kappa shape index (κ3) is 21.7. The Balaban J connectivity index is 0.000000541. The van der Waals surface area contributed by atoms with Crippen molar-refractivity contribution in [2.24, 2.45) is 33.5 Å². The van der Waals surface area contributed by atoms with Gasteiger partial charge < -0.3 is 10.2 Å². The summed E-state index contributed by atoms with van der Waals surface area (Å²) in [6, 6.07) is 0. The molecule has 0 aromatic heterocycles. The lowest BCUT2D eigenvalue weighted by Gasteiger charge is -2.38. The highest BCUT2D eigenvalue weighted by molar-refractivity contribution is 5.78. The van der Waals surface area contributed by atoms with E-state index >= 15 is 0 Å². The van der Waals surface area contributed by atoms with Crippen molar-refractivity contribution in [2.75, 3.05) is 26.2 Å². The van der Waals surface area contributed by atoms with Crippen LogP contribution in [0.25, 0.3) is 0 Å². The molecule has 0 aromatic rings. The van der Waals surface area contributed by atoms with Crippen LogP contribution in [0.4, 0.5) is 0 Å². The van der Waals surface area contributed by atoms with E-state index in [-0.39, 0.29) is 10.8 Å². The normalized spacial score (nSPS) is 18.7. The number of rotatable bonds is 5. The van der Waals surface area contributed by atoms with Gasteiger partial charge in [-0.2, -0.15) is 0 Å². The number of carbonyl (C=O) groups is 2. The molecule has 0 aromatic carbocycles. The number of amides is 1. The highest BCUT2D eigenvalue weighted by Gasteiger charge is 2.29. The lowest BCUT2D eigenvalue weighted by molar-refractivity contribution is -0.134. The Bertz CT molecular complexity index is 714. The van der Waals surface area contributed by atoms with Gasteiger partial charge in [-0.05, 0) is 85.1 Å². The van der Waals surface area contributed by atoms with Crippen molar-refractivity contribution >= 4 is 11.7 Å². The molecule has 1 amide bonds. The van der Waals surface area contributed by atoms with Crippen molar-refractivity contribution in [3.05, 3.63) is 0 Å². The summed E-state index contributed by atoms with van der Waals surface area (Å²) in [6.07, 6.45) is 15.4. The van der Waals surface area contributed by atoms with Crippen LogP contribution in [0.15, 0.2) is 0 Å². The molecule has 4 heteroatoms. The molecular formula is C38H76N2O2. The molecule has 1 aliphatic carbocycles. The van der Waals surface area contributed by atoms with Crippen LogP contribution in [0.2, 0.25) is 0 Å². The molecule has 2 saturated heterocycles. The lowest BCUT2D eigenvalue weighted by atomic mass is 9.72. The molecule has 2 aliphatic heterocycles. The average molecular weight is 593 g/mol. The number of likely N-dealkylation sites (tertiary alicyclic amines) is 1. The number of piperidine rings is 1. The first-order valence-corrected chi connectivity index (χ1v) is 17.7. The summed E-state index contributed by atoms with van der Waals surface area (Å²) >= 11 is 0. The van der Waals surface area contributed by atoms with Gasteiger partial charge in [0, 0.05) is 32.4 Å². The maximum atomic E-state index is 11.7. The standard InChI is InChI=1S/C11H21NO.C10H20O.C10H20.C7H15N/c1-11(2,3)9-10(13)12-7-5-4-6-8-12;1-5-6-7-9(11)8-10(2,3)4;1-10(2,3)9-7-5-4-6-8-9;1-7(2,3)6-4-8-5-6/h4-9H2,1-3H3;5-8H2,1-4H3;9H,4-8H2,1-3H3;6,8H,4-5H2,1-3H3. The molecule has 0 atom stereocenters. The summed E-state index contributed by atoms with van der Waals surface area (Å²) in [4.78, 5) is 25.0. The average Bonchev–Trinajstić information content (AvgIpc) is 2.80. The Labute approximate surface area is 264 Å². The summed E-state index contributed by atoms with van der Waals surface area (Å²) in [7, 11) is 0. The topological polar surface area (TPSA) is 49.4 Å². The van der Waals surface area contributed by atoms with Crippen LogP contribution in [0, 0.1) is 33.5 Å². The number of Topliss-reactive ketones (excluding diaryl/α,β-unsaturated/α-hetero) is 1. The van der Waals surface area contributed by atoms with E-state index < -0.39 is 0 Å². The summed E-state index contributed by atoms with van der Waals surface area (Å²) in [5.41, 5.74) is 1.41. The van der Waals surface area contributed by atoms with Gasteiger partial charge in [0.25, 0.3) is 0 Å². The molecule has 4 nitrogen and oxygen atoms in total. The summed E-state index contributed by atoms with van der Waals surface area (Å²) in [6.45, 7) is 33.3. The SMILES string of the molecule is CC(C)(C)C1CCCCC1.CC(C)(C)C1CNC1.CC(C)(C)CC(=O)N1CCCCC1.CCCCC(=O)CC(C)(C)C. The molecule has 250 valence electrons. The molecule has 1 saturated carbocycles. The van der Waals surface area contributed by atoms with E-state index in [1.54, 1.807) is 0 Å². The molecule has 0 radical (unpaired) electrons. The second-order valence-electron chi connectivity index (χ2n) is 18.0. The van der Waals surface area contributed by atoms with E-state index in [1.807, 2.05) is 4.90 Å². The highest BCUT2D eigenvalue weighted by atomic mass is 16.2. The number of hydrogen-bond donors (Lipinski definition) is 1. The van der Waals surface area contributed by atoms with Crippen LogP contribution in [0.3, 0.4) is 0 Å². The molecule has 2 heterocycles. The van der Waals surface area contributed by atoms with Gasteiger partial charge in [-0.1, -0.05) is 116 Å². The molecule has 1 N–H and O–H groups in total. The maximum Gasteiger partial charge on any atom is 0.223 e. The molecule has 42 heavy (non-hydrogen) atoms. The third-order valence-electron chi connectivity index (χ3n) is 8.76. The quantitative estimate of drug-likeness (QED) is 0.345. The largest absolute Gasteiger partial charge is 0.343 e. The molecule has 0 bridgehead atoms. The first-order chi connectivity index (χ1) is 19.2. The van der Waals surface area contributed by atoms with Crippen LogP contribution in [0.5, 0.6) is 0 Å². The zero-order chi connectivity index (χ0) is 32.6. The van der Waals surface area contributed by atoms with Crippen molar-refractivity contribution in [1.29, 1.82) is 0 Å². The molecule has 3 aliphatic rings. The Kier molecular flexibility index (Phi) is 19.1. The predicted octanol–water partition coefficient (Wildman–Crippen LogP) is 10.5. The monoisotopic (exact) mass is 593 g/mol. The number of hydrogen-bond acceptors (Lipinski definition) is 3. The molecule has 0 unspecified atom stereocenters. The van der Waals surface area contributed by atoms with Gasteiger partial charge in [0.15, 0.2) is 0 Å². The van der Waals surface area contributed by atoms with Gasteiger partial charge in [-0.3, -0.25) is 9.59 Å². The zero-order valence-electron chi connectivity index (χ0n) is 30.9. The summed E-state index contributed by atoms with van der Waals surface area (Å²) in [5.74, 6) is 2.68. The Morgan fingerprint density at radius 1 is 0.643 bits per heavy atom. The lowest BCUT2D eigenvalue weighted by Crippen LogP contribution is -2.48. The molecular weight excluding hydrogens is 516 g/mol. The van der Waals surface area contributed by atoms with Gasteiger partial charge in [0.1, 0.15) is 5.78 Å². The van der Waals surface area contributed by atoms with Crippen molar-refractivity contribution in [3.8, 4) is 0 Å². The van der Waals surface area contributed by atoms with Crippen LogP contribution in [-0.2, 0) is 9.59 Å². The fraction of sp³-hybridized carbons (Fsp3) is 0.947. The second-order valence-corrected chi connectivity index (χ2v) is 18.0. The Morgan fingerprint density at radius 2 is 1.10 bits per heavy atom. The first kappa shape index (κ1) is 41.1.